The molecule has 0 fully saturated rings. The zero-order valence-electron chi connectivity index (χ0n) is 14.2. The minimum atomic E-state index is -1.08. The molecule has 9 heteroatoms. The molecule has 0 aliphatic rings. The van der Waals surface area contributed by atoms with E-state index in [2.05, 4.69) is 5.10 Å². The van der Waals surface area contributed by atoms with Gasteiger partial charge in [-0.1, -0.05) is 12.1 Å². The molecule has 134 valence electrons. The van der Waals surface area contributed by atoms with Gasteiger partial charge in [-0.2, -0.15) is 5.10 Å². The summed E-state index contributed by atoms with van der Waals surface area (Å²) in [5.41, 5.74) is 7.82. The lowest BCUT2D eigenvalue weighted by Gasteiger charge is -2.13. The molecule has 0 aliphatic carbocycles. The smallest absolute Gasteiger partial charge is 0.320 e. The summed E-state index contributed by atoms with van der Waals surface area (Å²) in [7, 11) is 1.52. The maximum absolute atomic E-state index is 11.1. The van der Waals surface area contributed by atoms with Crippen LogP contribution < -0.4 is 10.5 Å². The van der Waals surface area contributed by atoms with Gasteiger partial charge >= 0.3 is 11.7 Å². The van der Waals surface area contributed by atoms with Crippen LogP contribution in [0, 0.1) is 24.0 Å². The predicted octanol–water partition coefficient (Wildman–Crippen LogP) is 1.42. The van der Waals surface area contributed by atoms with E-state index in [4.69, 9.17) is 15.6 Å². The highest BCUT2D eigenvalue weighted by atomic mass is 16.6. The molecule has 9 nitrogen and oxygen atoms in total. The monoisotopic (exact) mass is 348 g/mol. The fraction of sp³-hybridized carbons (Fsp3) is 0.375. The lowest BCUT2D eigenvalue weighted by atomic mass is 10.0. The molecule has 1 unspecified atom stereocenters. The summed E-state index contributed by atoms with van der Waals surface area (Å²) in [6, 6.07) is 4.24. The van der Waals surface area contributed by atoms with Gasteiger partial charge in [0.05, 0.1) is 18.6 Å². The van der Waals surface area contributed by atoms with Crippen LogP contribution in [0.3, 0.4) is 0 Å². The Kier molecular flexibility index (Phi) is 5.38. The number of carboxylic acids is 1. The van der Waals surface area contributed by atoms with E-state index in [0.29, 0.717) is 17.1 Å². The predicted molar refractivity (Wildman–Crippen MR) is 89.8 cm³/mol. The molecule has 0 aliphatic heterocycles. The van der Waals surface area contributed by atoms with E-state index in [0.717, 1.165) is 11.1 Å². The van der Waals surface area contributed by atoms with Crippen LogP contribution in [0.2, 0.25) is 0 Å². The Labute approximate surface area is 144 Å². The number of nitrogens with two attached hydrogens (primary N) is 1. The summed E-state index contributed by atoms with van der Waals surface area (Å²) in [6.07, 6.45) is 0.170. The van der Waals surface area contributed by atoms with E-state index in [-0.39, 0.29) is 18.7 Å². The highest BCUT2D eigenvalue weighted by Gasteiger charge is 2.22. The topological polar surface area (TPSA) is 134 Å². The van der Waals surface area contributed by atoms with Crippen molar-refractivity contribution in [3.8, 4) is 5.75 Å². The Morgan fingerprint density at radius 3 is 2.68 bits per heavy atom. The molecule has 0 bridgehead atoms. The van der Waals surface area contributed by atoms with E-state index in [9.17, 15) is 14.9 Å². The van der Waals surface area contributed by atoms with Crippen LogP contribution in [0.1, 0.15) is 22.5 Å². The fourth-order valence-corrected chi connectivity index (χ4v) is 2.69. The second kappa shape index (κ2) is 7.31. The molecule has 1 aromatic carbocycles. The number of aliphatic carboxylic acids is 1. The van der Waals surface area contributed by atoms with Gasteiger partial charge in [0.1, 0.15) is 23.2 Å². The first-order valence-corrected chi connectivity index (χ1v) is 7.57. The summed E-state index contributed by atoms with van der Waals surface area (Å²) in [5.74, 6) is -0.491. The number of aromatic nitrogens is 2. The van der Waals surface area contributed by atoms with E-state index in [1.165, 1.54) is 11.8 Å². The first-order valence-electron chi connectivity index (χ1n) is 7.57. The minimum Gasteiger partial charge on any atom is -0.496 e. The molecule has 1 atom stereocenters. The zero-order valence-corrected chi connectivity index (χ0v) is 14.2. The highest BCUT2D eigenvalue weighted by Crippen LogP contribution is 2.26. The Morgan fingerprint density at radius 2 is 2.16 bits per heavy atom. The molecular formula is C16H20N4O5. The van der Waals surface area contributed by atoms with Crippen LogP contribution in [0.5, 0.6) is 5.75 Å². The van der Waals surface area contributed by atoms with Crippen molar-refractivity contribution in [2.75, 3.05) is 7.11 Å². The molecule has 0 spiro atoms. The van der Waals surface area contributed by atoms with Gasteiger partial charge in [0.2, 0.25) is 0 Å². The Bertz CT molecular complexity index is 815. The highest BCUT2D eigenvalue weighted by molar-refractivity contribution is 5.73. The van der Waals surface area contributed by atoms with Crippen LogP contribution in [0.15, 0.2) is 18.2 Å². The molecule has 0 saturated heterocycles. The number of rotatable bonds is 7. The number of methoxy groups -OCH3 is 1. The van der Waals surface area contributed by atoms with Gasteiger partial charge in [0, 0.05) is 5.56 Å². The van der Waals surface area contributed by atoms with Gasteiger partial charge in [-0.15, -0.1) is 0 Å². The zero-order chi connectivity index (χ0) is 18.7. The number of hydrogen-bond acceptors (Lipinski definition) is 6. The van der Waals surface area contributed by atoms with E-state index >= 15 is 0 Å². The average Bonchev–Trinajstić information content (AvgIpc) is 2.81. The number of carboxylic acid groups (broad SMARTS) is 1. The molecule has 0 saturated carbocycles. The number of aryl methyl sites for hydroxylation is 1. The van der Waals surface area contributed by atoms with E-state index in [1.807, 2.05) is 0 Å². The van der Waals surface area contributed by atoms with E-state index in [1.54, 1.807) is 32.0 Å². The minimum absolute atomic E-state index is 0.0111. The van der Waals surface area contributed by atoms with Crippen LogP contribution >= 0.6 is 0 Å². The molecular weight excluding hydrogens is 328 g/mol. The third-order valence-electron chi connectivity index (χ3n) is 3.96. The summed E-state index contributed by atoms with van der Waals surface area (Å²) < 4.78 is 6.86. The number of carbonyl (C=O) groups is 1. The molecule has 2 rings (SSSR count). The maximum atomic E-state index is 11.1. The summed E-state index contributed by atoms with van der Waals surface area (Å²) in [5, 5.41) is 24.3. The van der Waals surface area contributed by atoms with Crippen molar-refractivity contribution in [2.24, 2.45) is 5.73 Å². The number of hydrogen-bond donors (Lipinski definition) is 2. The standard InChI is InChI=1S/C16H20N4O5/c1-9-15(20(23)24)10(2)19(18-9)8-12-6-11(4-5-14(12)25-3)7-13(17)16(21)22/h4-6,13H,7-8,17H2,1-3H3,(H,21,22). The van der Waals surface area contributed by atoms with Gasteiger partial charge < -0.3 is 15.6 Å². The van der Waals surface area contributed by atoms with Crippen LogP contribution in [-0.4, -0.2) is 38.9 Å². The van der Waals surface area contributed by atoms with Crippen molar-refractivity contribution in [1.29, 1.82) is 0 Å². The van der Waals surface area contributed by atoms with Gasteiger partial charge in [0.15, 0.2) is 0 Å². The Balaban J connectivity index is 2.36. The lowest BCUT2D eigenvalue weighted by molar-refractivity contribution is -0.386. The summed E-state index contributed by atoms with van der Waals surface area (Å²) >= 11 is 0. The van der Waals surface area contributed by atoms with Gasteiger partial charge in [-0.25, -0.2) is 0 Å². The molecule has 0 radical (unpaired) electrons. The van der Waals surface area contributed by atoms with Crippen molar-refractivity contribution < 1.29 is 19.6 Å². The molecule has 25 heavy (non-hydrogen) atoms. The Hall–Kier alpha value is -2.94. The van der Waals surface area contributed by atoms with Gasteiger partial charge in [0.25, 0.3) is 0 Å². The third-order valence-corrected chi connectivity index (χ3v) is 3.96. The lowest BCUT2D eigenvalue weighted by Crippen LogP contribution is -2.32. The van der Waals surface area contributed by atoms with Gasteiger partial charge in [-0.3, -0.25) is 19.6 Å². The van der Waals surface area contributed by atoms with E-state index < -0.39 is 16.9 Å². The number of nitro groups is 1. The summed E-state index contributed by atoms with van der Waals surface area (Å²) in [4.78, 5) is 21.6. The normalized spacial score (nSPS) is 12.0. The Morgan fingerprint density at radius 1 is 1.48 bits per heavy atom. The van der Waals surface area contributed by atoms with Crippen LogP contribution in [0.4, 0.5) is 5.69 Å². The van der Waals surface area contributed by atoms with Crippen molar-refractivity contribution in [3.05, 3.63) is 50.8 Å². The largest absolute Gasteiger partial charge is 0.496 e. The first-order chi connectivity index (χ1) is 11.7. The molecule has 0 amide bonds. The molecule has 3 N–H and O–H groups in total. The second-order valence-corrected chi connectivity index (χ2v) is 5.73. The van der Waals surface area contributed by atoms with Crippen molar-refractivity contribution in [2.45, 2.75) is 32.9 Å². The molecule has 2 aromatic rings. The second-order valence-electron chi connectivity index (χ2n) is 5.73. The quantitative estimate of drug-likeness (QED) is 0.571. The van der Waals surface area contributed by atoms with Crippen molar-refractivity contribution >= 4 is 11.7 Å². The molecule has 1 heterocycles. The first kappa shape index (κ1) is 18.4. The fourth-order valence-electron chi connectivity index (χ4n) is 2.69. The number of ether oxygens (including phenoxy) is 1. The number of nitrogens with zero attached hydrogens (tertiary/aromatic N) is 3. The van der Waals surface area contributed by atoms with Crippen LogP contribution in [0.25, 0.3) is 0 Å². The SMILES string of the molecule is COc1ccc(CC(N)C(=O)O)cc1Cn1nc(C)c([N+](=O)[O-])c1C. The summed E-state index contributed by atoms with van der Waals surface area (Å²) in [6.45, 7) is 3.48. The third kappa shape index (κ3) is 3.94. The number of benzene rings is 1. The van der Waals surface area contributed by atoms with Crippen LogP contribution in [-0.2, 0) is 17.8 Å². The maximum Gasteiger partial charge on any atom is 0.320 e. The van der Waals surface area contributed by atoms with Crippen molar-refractivity contribution in [3.63, 3.8) is 0 Å². The van der Waals surface area contributed by atoms with Gasteiger partial charge in [-0.05, 0) is 31.9 Å². The molecule has 1 aromatic heterocycles. The van der Waals surface area contributed by atoms with Crippen molar-refractivity contribution in [1.82, 2.24) is 9.78 Å². The average molecular weight is 348 g/mol.